The molecule has 1 amide bonds. The van der Waals surface area contributed by atoms with Crippen LogP contribution >= 0.6 is 0 Å². The Morgan fingerprint density at radius 3 is 2.21 bits per heavy atom. The number of rotatable bonds is 7. The largest absolute Gasteiger partial charge is 0.444 e. The van der Waals surface area contributed by atoms with Crippen LogP contribution in [0.2, 0.25) is 0 Å². The van der Waals surface area contributed by atoms with Crippen molar-refractivity contribution in [2.45, 2.75) is 32.4 Å². The maximum absolute atomic E-state index is 11.9. The summed E-state index contributed by atoms with van der Waals surface area (Å²) in [5.74, 6) is 0. The molecular formula is C18H31N3O3. The van der Waals surface area contributed by atoms with Crippen molar-refractivity contribution in [3.63, 3.8) is 0 Å². The molecule has 0 saturated carbocycles. The molecule has 0 saturated heterocycles. The summed E-state index contributed by atoms with van der Waals surface area (Å²) >= 11 is 0. The van der Waals surface area contributed by atoms with Crippen LogP contribution in [0.1, 0.15) is 32.4 Å². The number of hydrogen-bond acceptors (Lipinski definition) is 5. The van der Waals surface area contributed by atoms with E-state index in [-0.39, 0.29) is 6.61 Å². The van der Waals surface area contributed by atoms with Gasteiger partial charge >= 0.3 is 6.09 Å². The third kappa shape index (κ3) is 7.19. The molecule has 0 spiro atoms. The normalized spacial score (nSPS) is 12.8. The monoisotopic (exact) mass is 337 g/mol. The summed E-state index contributed by atoms with van der Waals surface area (Å²) in [5, 5.41) is 12.3. The first kappa shape index (κ1) is 20.3. The predicted molar refractivity (Wildman–Crippen MR) is 97.5 cm³/mol. The number of likely N-dealkylation sites (N-methyl/N-ethyl adjacent to an activating group) is 2. The van der Waals surface area contributed by atoms with Gasteiger partial charge in [0.2, 0.25) is 0 Å². The molecule has 1 atom stereocenters. The molecule has 6 heteroatoms. The van der Waals surface area contributed by atoms with Crippen molar-refractivity contribution in [1.29, 1.82) is 0 Å². The average Bonchev–Trinajstić information content (AvgIpc) is 2.48. The minimum atomic E-state index is -0.566. The number of benzene rings is 1. The molecule has 1 aromatic carbocycles. The van der Waals surface area contributed by atoms with Crippen LogP contribution in [0.5, 0.6) is 0 Å². The van der Waals surface area contributed by atoms with E-state index in [9.17, 15) is 9.90 Å². The van der Waals surface area contributed by atoms with Gasteiger partial charge in [-0.25, -0.2) is 4.79 Å². The first-order chi connectivity index (χ1) is 11.1. The van der Waals surface area contributed by atoms with Crippen molar-refractivity contribution in [1.82, 2.24) is 10.2 Å². The summed E-state index contributed by atoms with van der Waals surface area (Å²) in [6, 6.07) is 7.33. The van der Waals surface area contributed by atoms with Gasteiger partial charge in [-0.15, -0.1) is 0 Å². The van der Waals surface area contributed by atoms with E-state index >= 15 is 0 Å². The number of ether oxygens (including phenoxy) is 1. The van der Waals surface area contributed by atoms with E-state index in [0.717, 1.165) is 24.3 Å². The van der Waals surface area contributed by atoms with E-state index in [4.69, 9.17) is 4.74 Å². The molecule has 6 nitrogen and oxygen atoms in total. The number of amides is 1. The minimum absolute atomic E-state index is 0.185. The van der Waals surface area contributed by atoms with E-state index in [1.807, 2.05) is 45.4 Å². The van der Waals surface area contributed by atoms with Crippen LogP contribution in [0.4, 0.5) is 10.5 Å². The lowest BCUT2D eigenvalue weighted by Crippen LogP contribution is -2.36. The number of hydrogen-bond donors (Lipinski definition) is 2. The molecule has 0 aliphatic carbocycles. The molecule has 1 rings (SSSR count). The van der Waals surface area contributed by atoms with Crippen molar-refractivity contribution in [3.05, 3.63) is 29.8 Å². The molecule has 0 heterocycles. The fourth-order valence-corrected chi connectivity index (χ4v) is 2.12. The van der Waals surface area contributed by atoms with E-state index < -0.39 is 17.7 Å². The SMILES string of the molecule is CN(C)CCN(C)c1ccc(C(CO)NC(=O)OC(C)(C)C)cc1. The lowest BCUT2D eigenvalue weighted by molar-refractivity contribution is 0.0482. The van der Waals surface area contributed by atoms with Crippen molar-refractivity contribution in [3.8, 4) is 0 Å². The number of aliphatic hydroxyl groups is 1. The van der Waals surface area contributed by atoms with Crippen molar-refractivity contribution in [2.24, 2.45) is 0 Å². The first-order valence-electron chi connectivity index (χ1n) is 8.18. The highest BCUT2D eigenvalue weighted by Crippen LogP contribution is 2.19. The topological polar surface area (TPSA) is 65.0 Å². The molecular weight excluding hydrogens is 306 g/mol. The Morgan fingerprint density at radius 2 is 1.75 bits per heavy atom. The second kappa shape index (κ2) is 8.89. The smallest absolute Gasteiger partial charge is 0.408 e. The number of aliphatic hydroxyl groups excluding tert-OH is 1. The number of alkyl carbamates (subject to hydrolysis) is 1. The molecule has 1 aromatic rings. The molecule has 0 bridgehead atoms. The van der Waals surface area contributed by atoms with Gasteiger partial charge < -0.3 is 25.0 Å². The van der Waals surface area contributed by atoms with Crippen molar-refractivity contribution < 1.29 is 14.6 Å². The van der Waals surface area contributed by atoms with Crippen LogP contribution in [0.25, 0.3) is 0 Å². The Hall–Kier alpha value is -1.79. The van der Waals surface area contributed by atoms with Crippen molar-refractivity contribution >= 4 is 11.8 Å². The predicted octanol–water partition coefficient (Wildman–Crippen LogP) is 2.24. The molecule has 0 aliphatic heterocycles. The number of anilines is 1. The third-order valence-electron chi connectivity index (χ3n) is 3.49. The van der Waals surface area contributed by atoms with E-state index in [0.29, 0.717) is 0 Å². The summed E-state index contributed by atoms with van der Waals surface area (Å²) in [7, 11) is 6.14. The van der Waals surface area contributed by atoms with Gasteiger partial charge in [0, 0.05) is 25.8 Å². The lowest BCUT2D eigenvalue weighted by atomic mass is 10.1. The van der Waals surface area contributed by atoms with Gasteiger partial charge in [0.15, 0.2) is 0 Å². The van der Waals surface area contributed by atoms with Gasteiger partial charge in [-0.3, -0.25) is 0 Å². The van der Waals surface area contributed by atoms with Crippen LogP contribution in [0.3, 0.4) is 0 Å². The number of carbonyl (C=O) groups excluding carboxylic acids is 1. The summed E-state index contributed by atoms with van der Waals surface area (Å²) < 4.78 is 5.23. The Bertz CT molecular complexity index is 509. The zero-order chi connectivity index (χ0) is 18.3. The second-order valence-electron chi connectivity index (χ2n) is 7.20. The Labute approximate surface area is 145 Å². The quantitative estimate of drug-likeness (QED) is 0.799. The van der Waals surface area contributed by atoms with Gasteiger partial charge in [0.1, 0.15) is 5.60 Å². The molecule has 0 aromatic heterocycles. The zero-order valence-corrected chi connectivity index (χ0v) is 15.7. The van der Waals surface area contributed by atoms with Gasteiger partial charge in [-0.2, -0.15) is 0 Å². The lowest BCUT2D eigenvalue weighted by Gasteiger charge is -2.24. The maximum Gasteiger partial charge on any atom is 0.408 e. The maximum atomic E-state index is 11.9. The fourth-order valence-electron chi connectivity index (χ4n) is 2.12. The van der Waals surface area contributed by atoms with Crippen LogP contribution in [0, 0.1) is 0 Å². The number of carbonyl (C=O) groups is 1. The van der Waals surface area contributed by atoms with E-state index in [1.54, 1.807) is 20.8 Å². The number of nitrogens with zero attached hydrogens (tertiary/aromatic N) is 2. The second-order valence-corrected chi connectivity index (χ2v) is 7.20. The standard InChI is InChI=1S/C18H31N3O3/c1-18(2,3)24-17(23)19-16(13-22)14-7-9-15(10-8-14)21(6)12-11-20(4)5/h7-10,16,22H,11-13H2,1-6H3,(H,19,23). The Balaban J connectivity index is 2.69. The first-order valence-corrected chi connectivity index (χ1v) is 8.18. The van der Waals surface area contributed by atoms with Gasteiger partial charge in [0.05, 0.1) is 12.6 Å². The van der Waals surface area contributed by atoms with Crippen LogP contribution in [-0.2, 0) is 4.74 Å². The highest BCUT2D eigenvalue weighted by atomic mass is 16.6. The molecule has 24 heavy (non-hydrogen) atoms. The summed E-state index contributed by atoms with van der Waals surface area (Å²) in [6.45, 7) is 7.12. The molecule has 0 radical (unpaired) electrons. The van der Waals surface area contributed by atoms with Crippen LogP contribution in [0.15, 0.2) is 24.3 Å². The summed E-state index contributed by atoms with van der Waals surface area (Å²) in [6.07, 6.45) is -0.534. The highest BCUT2D eigenvalue weighted by molar-refractivity contribution is 5.68. The average molecular weight is 337 g/mol. The van der Waals surface area contributed by atoms with Crippen LogP contribution < -0.4 is 10.2 Å². The molecule has 2 N–H and O–H groups in total. The van der Waals surface area contributed by atoms with E-state index in [1.165, 1.54) is 0 Å². The molecule has 0 fully saturated rings. The fraction of sp³-hybridized carbons (Fsp3) is 0.611. The Morgan fingerprint density at radius 1 is 1.17 bits per heavy atom. The minimum Gasteiger partial charge on any atom is -0.444 e. The molecule has 136 valence electrons. The van der Waals surface area contributed by atoms with Gasteiger partial charge in [-0.1, -0.05) is 12.1 Å². The zero-order valence-electron chi connectivity index (χ0n) is 15.7. The highest BCUT2D eigenvalue weighted by Gasteiger charge is 2.20. The molecule has 1 unspecified atom stereocenters. The summed E-state index contributed by atoms with van der Waals surface area (Å²) in [5.41, 5.74) is 1.37. The van der Waals surface area contributed by atoms with Crippen LogP contribution in [-0.4, -0.2) is 62.5 Å². The van der Waals surface area contributed by atoms with Crippen molar-refractivity contribution in [2.75, 3.05) is 45.7 Å². The third-order valence-corrected chi connectivity index (χ3v) is 3.49. The Kier molecular flexibility index (Phi) is 7.51. The van der Waals surface area contributed by atoms with E-state index in [2.05, 4.69) is 15.1 Å². The summed E-state index contributed by atoms with van der Waals surface area (Å²) in [4.78, 5) is 16.2. The van der Waals surface area contributed by atoms with Gasteiger partial charge in [0.25, 0.3) is 0 Å². The van der Waals surface area contributed by atoms with Gasteiger partial charge in [-0.05, 0) is 52.6 Å². The molecule has 0 aliphatic rings. The number of nitrogens with one attached hydrogen (secondary N) is 1.